The molecule has 1 amide bonds. The first kappa shape index (κ1) is 8.42. The fourth-order valence-corrected chi connectivity index (χ4v) is 3.27. The summed E-state index contributed by atoms with van der Waals surface area (Å²) in [4.78, 5) is 13.7. The van der Waals surface area contributed by atoms with Crippen molar-refractivity contribution < 1.29 is 4.79 Å². The second-order valence-electron chi connectivity index (χ2n) is 3.51. The van der Waals surface area contributed by atoms with Crippen molar-refractivity contribution >= 4 is 17.7 Å². The third kappa shape index (κ3) is 1.60. The zero-order chi connectivity index (χ0) is 8.39. The minimum absolute atomic E-state index is 0.393. The van der Waals surface area contributed by atoms with E-state index in [2.05, 4.69) is 4.90 Å². The molecule has 2 nitrogen and oxygen atoms in total. The molecule has 3 heteroatoms. The molecule has 0 aromatic heterocycles. The Balaban J connectivity index is 2.06. The van der Waals surface area contributed by atoms with Crippen molar-refractivity contribution in [2.24, 2.45) is 0 Å². The molecule has 0 saturated carbocycles. The Kier molecular flexibility index (Phi) is 2.59. The van der Waals surface area contributed by atoms with Crippen LogP contribution in [0.15, 0.2) is 0 Å². The normalized spacial score (nSPS) is 31.2. The van der Waals surface area contributed by atoms with Crippen molar-refractivity contribution in [3.05, 3.63) is 0 Å². The Hall–Kier alpha value is -0.180. The van der Waals surface area contributed by atoms with E-state index < -0.39 is 0 Å². The summed E-state index contributed by atoms with van der Waals surface area (Å²) in [5, 5.41) is 0.522. The largest absolute Gasteiger partial charge is 0.331 e. The third-order valence-electron chi connectivity index (χ3n) is 2.61. The van der Waals surface area contributed by atoms with Crippen molar-refractivity contribution in [2.45, 2.75) is 37.5 Å². The van der Waals surface area contributed by atoms with Gasteiger partial charge in [0.1, 0.15) is 0 Å². The van der Waals surface area contributed by atoms with Crippen LogP contribution in [-0.4, -0.2) is 28.5 Å². The second-order valence-corrected chi connectivity index (χ2v) is 4.80. The number of piperidine rings is 1. The third-order valence-corrected chi connectivity index (χ3v) is 4.01. The van der Waals surface area contributed by atoms with Crippen LogP contribution in [0.1, 0.15) is 32.1 Å². The zero-order valence-corrected chi connectivity index (χ0v) is 8.11. The minimum atomic E-state index is 0.393. The number of thioether (sulfide) groups is 1. The Morgan fingerprint density at radius 1 is 1.33 bits per heavy atom. The van der Waals surface area contributed by atoms with Gasteiger partial charge in [0.15, 0.2) is 0 Å². The fourth-order valence-electron chi connectivity index (χ4n) is 1.95. The number of nitrogens with zero attached hydrogens (tertiary/aromatic N) is 1. The van der Waals surface area contributed by atoms with Crippen LogP contribution >= 0.6 is 11.8 Å². The van der Waals surface area contributed by atoms with E-state index in [-0.39, 0.29) is 0 Å². The van der Waals surface area contributed by atoms with E-state index in [1.54, 1.807) is 0 Å². The van der Waals surface area contributed by atoms with E-state index in [4.69, 9.17) is 0 Å². The van der Waals surface area contributed by atoms with Crippen molar-refractivity contribution in [2.75, 3.05) is 12.3 Å². The molecule has 2 aliphatic heterocycles. The van der Waals surface area contributed by atoms with Crippen LogP contribution < -0.4 is 0 Å². The molecule has 0 bridgehead atoms. The van der Waals surface area contributed by atoms with Gasteiger partial charge in [-0.2, -0.15) is 0 Å². The molecule has 0 spiro atoms. The van der Waals surface area contributed by atoms with Crippen LogP contribution in [0.5, 0.6) is 0 Å². The standard InChI is InChI=1S/C9H15NOS/c11-8-4-3-7-12-9-5-1-2-6-10(8)9/h9H,1-7H2/t9-/m0/s1. The average molecular weight is 185 g/mol. The second kappa shape index (κ2) is 3.69. The van der Waals surface area contributed by atoms with Gasteiger partial charge in [-0.15, -0.1) is 11.8 Å². The number of fused-ring (bicyclic) bond motifs is 1. The lowest BCUT2D eigenvalue weighted by molar-refractivity contribution is -0.132. The van der Waals surface area contributed by atoms with E-state index in [0.29, 0.717) is 11.3 Å². The van der Waals surface area contributed by atoms with Gasteiger partial charge in [-0.1, -0.05) is 0 Å². The quantitative estimate of drug-likeness (QED) is 0.574. The van der Waals surface area contributed by atoms with Crippen LogP contribution in [0.2, 0.25) is 0 Å². The molecule has 68 valence electrons. The van der Waals surface area contributed by atoms with Crippen LogP contribution in [0.3, 0.4) is 0 Å². The molecule has 0 aliphatic carbocycles. The smallest absolute Gasteiger partial charge is 0.223 e. The van der Waals surface area contributed by atoms with Crippen molar-refractivity contribution in [3.8, 4) is 0 Å². The number of rotatable bonds is 0. The molecule has 2 rings (SSSR count). The van der Waals surface area contributed by atoms with Gasteiger partial charge in [0.2, 0.25) is 5.91 Å². The highest BCUT2D eigenvalue weighted by Crippen LogP contribution is 2.30. The Bertz CT molecular complexity index is 183. The summed E-state index contributed by atoms with van der Waals surface area (Å²) < 4.78 is 0. The van der Waals surface area contributed by atoms with Crippen molar-refractivity contribution in [1.82, 2.24) is 4.90 Å². The van der Waals surface area contributed by atoms with E-state index in [0.717, 1.165) is 19.4 Å². The zero-order valence-electron chi connectivity index (χ0n) is 7.29. The van der Waals surface area contributed by atoms with Crippen LogP contribution in [0, 0.1) is 0 Å². The molecule has 0 aromatic rings. The van der Waals surface area contributed by atoms with E-state index in [1.807, 2.05) is 11.8 Å². The highest BCUT2D eigenvalue weighted by atomic mass is 32.2. The minimum Gasteiger partial charge on any atom is -0.331 e. The number of carbonyl (C=O) groups excluding carboxylic acids is 1. The highest BCUT2D eigenvalue weighted by molar-refractivity contribution is 7.99. The number of carbonyl (C=O) groups is 1. The summed E-state index contributed by atoms with van der Waals surface area (Å²) in [6.45, 7) is 1.01. The highest BCUT2D eigenvalue weighted by Gasteiger charge is 2.28. The predicted molar refractivity (Wildman–Crippen MR) is 51.0 cm³/mol. The lowest BCUT2D eigenvalue weighted by atomic mass is 10.1. The summed E-state index contributed by atoms with van der Waals surface area (Å²) in [5.41, 5.74) is 0. The molecule has 2 saturated heterocycles. The summed E-state index contributed by atoms with van der Waals surface area (Å²) in [6, 6.07) is 0. The van der Waals surface area contributed by atoms with Crippen molar-refractivity contribution in [3.63, 3.8) is 0 Å². The molecule has 0 aromatic carbocycles. The Morgan fingerprint density at radius 3 is 3.17 bits per heavy atom. The maximum Gasteiger partial charge on any atom is 0.223 e. The van der Waals surface area contributed by atoms with Gasteiger partial charge < -0.3 is 4.90 Å². The molecule has 0 N–H and O–H groups in total. The van der Waals surface area contributed by atoms with Gasteiger partial charge in [-0.25, -0.2) is 0 Å². The predicted octanol–water partition coefficient (Wildman–Crippen LogP) is 1.85. The lowest BCUT2D eigenvalue weighted by Crippen LogP contribution is -2.40. The maximum atomic E-state index is 11.6. The number of hydrogen-bond donors (Lipinski definition) is 0. The molecule has 12 heavy (non-hydrogen) atoms. The summed E-state index contributed by atoms with van der Waals surface area (Å²) >= 11 is 1.98. The van der Waals surface area contributed by atoms with Gasteiger partial charge in [0, 0.05) is 13.0 Å². The molecular formula is C9H15NOS. The van der Waals surface area contributed by atoms with Crippen LogP contribution in [-0.2, 0) is 4.79 Å². The number of hydrogen-bond acceptors (Lipinski definition) is 2. The van der Waals surface area contributed by atoms with Crippen molar-refractivity contribution in [1.29, 1.82) is 0 Å². The lowest BCUT2D eigenvalue weighted by Gasteiger charge is -2.33. The van der Waals surface area contributed by atoms with Gasteiger partial charge >= 0.3 is 0 Å². The van der Waals surface area contributed by atoms with Crippen LogP contribution in [0.4, 0.5) is 0 Å². The Labute approximate surface area is 77.7 Å². The van der Waals surface area contributed by atoms with Crippen LogP contribution in [0.25, 0.3) is 0 Å². The summed E-state index contributed by atoms with van der Waals surface area (Å²) in [5.74, 6) is 1.57. The fraction of sp³-hybridized carbons (Fsp3) is 0.889. The van der Waals surface area contributed by atoms with Gasteiger partial charge in [0.25, 0.3) is 0 Å². The summed E-state index contributed by atoms with van der Waals surface area (Å²) in [6.07, 6.45) is 5.60. The molecule has 0 unspecified atom stereocenters. The number of amides is 1. The molecular weight excluding hydrogens is 170 g/mol. The first-order valence-corrected chi connectivity index (χ1v) is 5.84. The first-order chi connectivity index (χ1) is 5.88. The molecule has 1 atom stereocenters. The summed E-state index contributed by atoms with van der Waals surface area (Å²) in [7, 11) is 0. The topological polar surface area (TPSA) is 20.3 Å². The molecule has 2 aliphatic rings. The van der Waals surface area contributed by atoms with E-state index in [1.165, 1.54) is 25.0 Å². The van der Waals surface area contributed by atoms with Gasteiger partial charge in [0.05, 0.1) is 5.37 Å². The van der Waals surface area contributed by atoms with Gasteiger partial charge in [-0.3, -0.25) is 4.79 Å². The molecule has 0 radical (unpaired) electrons. The SMILES string of the molecule is O=C1CCCS[C@H]2CCCCN12. The van der Waals surface area contributed by atoms with E-state index >= 15 is 0 Å². The first-order valence-electron chi connectivity index (χ1n) is 4.79. The van der Waals surface area contributed by atoms with E-state index in [9.17, 15) is 4.79 Å². The maximum absolute atomic E-state index is 11.6. The average Bonchev–Trinajstić information content (AvgIpc) is 2.29. The molecule has 2 heterocycles. The molecule has 2 fully saturated rings. The Morgan fingerprint density at radius 2 is 2.25 bits per heavy atom. The van der Waals surface area contributed by atoms with Gasteiger partial charge in [-0.05, 0) is 31.4 Å². The monoisotopic (exact) mass is 185 g/mol.